The zero-order valence-corrected chi connectivity index (χ0v) is 10.4. The second-order valence-corrected chi connectivity index (χ2v) is 4.15. The summed E-state index contributed by atoms with van der Waals surface area (Å²) in [5.41, 5.74) is 3.13. The van der Waals surface area contributed by atoms with Crippen LogP contribution < -0.4 is 5.32 Å². The molecule has 1 unspecified atom stereocenters. The maximum Gasteiger partial charge on any atom is 0.0435 e. The number of likely N-dealkylation sites (N-methyl/N-ethyl adjacent to an activating group) is 1. The van der Waals surface area contributed by atoms with Gasteiger partial charge in [-0.25, -0.2) is 0 Å². The van der Waals surface area contributed by atoms with Gasteiger partial charge in [0.15, 0.2) is 0 Å². The van der Waals surface area contributed by atoms with E-state index in [-0.39, 0.29) is 6.04 Å². The van der Waals surface area contributed by atoms with Gasteiger partial charge in [-0.3, -0.25) is 0 Å². The summed E-state index contributed by atoms with van der Waals surface area (Å²) in [5.74, 6) is 2.65. The Morgan fingerprint density at radius 3 is 2.81 bits per heavy atom. The van der Waals surface area contributed by atoms with Crippen LogP contribution in [0.2, 0.25) is 5.02 Å². The SMILES string of the molecule is C#CCC(NC)C(=C)c1ccc(Cl)c(C)c1. The van der Waals surface area contributed by atoms with Gasteiger partial charge in [0.25, 0.3) is 0 Å². The predicted octanol–water partition coefficient (Wildman–Crippen LogP) is 3.27. The van der Waals surface area contributed by atoms with E-state index in [1.54, 1.807) is 0 Å². The van der Waals surface area contributed by atoms with Crippen molar-refractivity contribution in [1.82, 2.24) is 5.32 Å². The van der Waals surface area contributed by atoms with Crippen LogP contribution in [-0.4, -0.2) is 13.1 Å². The Bertz CT molecular complexity index is 429. The van der Waals surface area contributed by atoms with E-state index in [0.29, 0.717) is 6.42 Å². The van der Waals surface area contributed by atoms with Crippen molar-refractivity contribution >= 4 is 17.2 Å². The second-order valence-electron chi connectivity index (χ2n) is 3.74. The van der Waals surface area contributed by atoms with Crippen LogP contribution >= 0.6 is 11.6 Å². The van der Waals surface area contributed by atoms with E-state index >= 15 is 0 Å². The molecule has 0 aliphatic rings. The molecule has 0 saturated carbocycles. The zero-order valence-electron chi connectivity index (χ0n) is 9.68. The first kappa shape index (κ1) is 12.8. The normalized spacial score (nSPS) is 11.9. The molecule has 1 aromatic carbocycles. The Labute approximate surface area is 103 Å². The number of aryl methyl sites for hydroxylation is 1. The van der Waals surface area contributed by atoms with Crippen molar-refractivity contribution in [3.8, 4) is 12.3 Å². The first-order chi connectivity index (χ1) is 7.60. The highest BCUT2D eigenvalue weighted by atomic mass is 35.5. The van der Waals surface area contributed by atoms with Gasteiger partial charge < -0.3 is 5.32 Å². The van der Waals surface area contributed by atoms with E-state index in [4.69, 9.17) is 18.0 Å². The molecule has 2 heteroatoms. The lowest BCUT2D eigenvalue weighted by Gasteiger charge is -2.17. The fourth-order valence-corrected chi connectivity index (χ4v) is 1.68. The van der Waals surface area contributed by atoms with Gasteiger partial charge >= 0.3 is 0 Å². The number of halogens is 1. The predicted molar refractivity (Wildman–Crippen MR) is 71.5 cm³/mol. The summed E-state index contributed by atoms with van der Waals surface area (Å²) >= 11 is 5.98. The lowest BCUT2D eigenvalue weighted by Crippen LogP contribution is -2.25. The third kappa shape index (κ3) is 2.88. The summed E-state index contributed by atoms with van der Waals surface area (Å²) < 4.78 is 0. The quantitative estimate of drug-likeness (QED) is 0.788. The molecule has 84 valence electrons. The minimum atomic E-state index is 0.116. The van der Waals surface area contributed by atoms with Crippen molar-refractivity contribution < 1.29 is 0 Å². The van der Waals surface area contributed by atoms with Crippen molar-refractivity contribution in [1.29, 1.82) is 0 Å². The van der Waals surface area contributed by atoms with Crippen molar-refractivity contribution in [2.75, 3.05) is 7.05 Å². The molecule has 0 aromatic heterocycles. The second kappa shape index (κ2) is 5.75. The first-order valence-electron chi connectivity index (χ1n) is 5.16. The molecule has 0 fully saturated rings. The Morgan fingerprint density at radius 2 is 2.31 bits per heavy atom. The van der Waals surface area contributed by atoms with Crippen molar-refractivity contribution in [2.45, 2.75) is 19.4 Å². The number of rotatable bonds is 4. The topological polar surface area (TPSA) is 12.0 Å². The highest BCUT2D eigenvalue weighted by Gasteiger charge is 2.11. The van der Waals surface area contributed by atoms with Crippen molar-refractivity contribution in [3.63, 3.8) is 0 Å². The molecule has 0 saturated heterocycles. The van der Waals surface area contributed by atoms with Crippen LogP contribution in [0.1, 0.15) is 17.5 Å². The van der Waals surface area contributed by atoms with E-state index in [1.165, 1.54) is 0 Å². The van der Waals surface area contributed by atoms with Gasteiger partial charge in [0.2, 0.25) is 0 Å². The number of nitrogens with one attached hydrogen (secondary N) is 1. The molecule has 0 aliphatic carbocycles. The van der Waals surface area contributed by atoms with Gasteiger partial charge in [0, 0.05) is 17.5 Å². The Kier molecular flexibility index (Phi) is 4.61. The molecule has 1 aromatic rings. The highest BCUT2D eigenvalue weighted by molar-refractivity contribution is 6.31. The molecular formula is C14H16ClN. The fraction of sp³-hybridized carbons (Fsp3) is 0.286. The van der Waals surface area contributed by atoms with E-state index in [0.717, 1.165) is 21.7 Å². The summed E-state index contributed by atoms with van der Waals surface area (Å²) in [4.78, 5) is 0. The van der Waals surface area contributed by atoms with Crippen LogP contribution in [0, 0.1) is 19.3 Å². The minimum Gasteiger partial charge on any atom is -0.312 e. The molecule has 1 N–H and O–H groups in total. The lowest BCUT2D eigenvalue weighted by atomic mass is 9.97. The molecule has 0 spiro atoms. The van der Waals surface area contributed by atoms with Crippen LogP contribution in [0.25, 0.3) is 5.57 Å². The van der Waals surface area contributed by atoms with Crippen LogP contribution in [0.15, 0.2) is 24.8 Å². The summed E-state index contributed by atoms with van der Waals surface area (Å²) in [6, 6.07) is 6.01. The molecule has 1 atom stereocenters. The lowest BCUT2D eigenvalue weighted by molar-refractivity contribution is 0.703. The monoisotopic (exact) mass is 233 g/mol. The van der Waals surface area contributed by atoms with Crippen LogP contribution in [-0.2, 0) is 0 Å². The Morgan fingerprint density at radius 1 is 1.62 bits per heavy atom. The Balaban J connectivity index is 2.95. The largest absolute Gasteiger partial charge is 0.312 e. The average Bonchev–Trinajstić information content (AvgIpc) is 2.28. The van der Waals surface area contributed by atoms with Crippen molar-refractivity contribution in [3.05, 3.63) is 40.9 Å². The molecule has 16 heavy (non-hydrogen) atoms. The minimum absolute atomic E-state index is 0.116. The molecular weight excluding hydrogens is 218 g/mol. The molecule has 0 bridgehead atoms. The molecule has 1 nitrogen and oxygen atoms in total. The van der Waals surface area contributed by atoms with Gasteiger partial charge in [0.05, 0.1) is 0 Å². The third-order valence-electron chi connectivity index (χ3n) is 2.62. The van der Waals surface area contributed by atoms with Gasteiger partial charge in [0.1, 0.15) is 0 Å². The molecule has 0 aliphatic heterocycles. The van der Waals surface area contributed by atoms with Crippen LogP contribution in [0.4, 0.5) is 0 Å². The van der Waals surface area contributed by atoms with Gasteiger partial charge in [-0.2, -0.15) is 0 Å². The number of hydrogen-bond acceptors (Lipinski definition) is 1. The maximum atomic E-state index is 5.98. The average molecular weight is 234 g/mol. The number of benzene rings is 1. The smallest absolute Gasteiger partial charge is 0.0435 e. The molecule has 0 amide bonds. The van der Waals surface area contributed by atoms with E-state index in [2.05, 4.69) is 17.8 Å². The van der Waals surface area contributed by atoms with Crippen LogP contribution in [0.5, 0.6) is 0 Å². The number of terminal acetylenes is 1. The molecule has 0 radical (unpaired) electrons. The standard InChI is InChI=1S/C14H16ClN/c1-5-6-14(16-4)11(3)12-7-8-13(15)10(2)9-12/h1,7-9,14,16H,3,6H2,2,4H3. The van der Waals surface area contributed by atoms with Gasteiger partial charge in [-0.15, -0.1) is 12.3 Å². The van der Waals surface area contributed by atoms with Gasteiger partial charge in [-0.05, 0) is 36.7 Å². The molecule has 0 heterocycles. The number of hydrogen-bond donors (Lipinski definition) is 1. The summed E-state index contributed by atoms with van der Waals surface area (Å²) in [5, 5.41) is 3.93. The summed E-state index contributed by atoms with van der Waals surface area (Å²) in [6.45, 7) is 6.07. The van der Waals surface area contributed by atoms with E-state index in [9.17, 15) is 0 Å². The maximum absolute atomic E-state index is 5.98. The Hall–Kier alpha value is -1.23. The van der Waals surface area contributed by atoms with Crippen molar-refractivity contribution in [2.24, 2.45) is 0 Å². The van der Waals surface area contributed by atoms with Crippen LogP contribution in [0.3, 0.4) is 0 Å². The first-order valence-corrected chi connectivity index (χ1v) is 5.54. The third-order valence-corrected chi connectivity index (χ3v) is 3.04. The highest BCUT2D eigenvalue weighted by Crippen LogP contribution is 2.23. The van der Waals surface area contributed by atoms with Gasteiger partial charge in [-0.1, -0.05) is 30.3 Å². The zero-order chi connectivity index (χ0) is 12.1. The summed E-state index contributed by atoms with van der Waals surface area (Å²) in [7, 11) is 1.88. The fourth-order valence-electron chi connectivity index (χ4n) is 1.56. The van der Waals surface area contributed by atoms with E-state index < -0.39 is 0 Å². The van der Waals surface area contributed by atoms with E-state index in [1.807, 2.05) is 32.2 Å². The molecule has 1 rings (SSSR count). The summed E-state index contributed by atoms with van der Waals surface area (Å²) in [6.07, 6.45) is 5.96.